The van der Waals surface area contributed by atoms with Gasteiger partial charge in [-0.25, -0.2) is 4.79 Å². The van der Waals surface area contributed by atoms with Gasteiger partial charge in [0.1, 0.15) is 18.1 Å². The van der Waals surface area contributed by atoms with Gasteiger partial charge in [0.2, 0.25) is 23.6 Å². The number of rotatable bonds is 15. The van der Waals surface area contributed by atoms with Gasteiger partial charge in [-0.05, 0) is 38.6 Å². The molecule has 0 heterocycles. The van der Waals surface area contributed by atoms with Crippen LogP contribution in [0.25, 0.3) is 0 Å². The van der Waals surface area contributed by atoms with Crippen LogP contribution in [0.4, 0.5) is 0 Å². The van der Waals surface area contributed by atoms with Crippen LogP contribution in [-0.2, 0) is 24.0 Å². The van der Waals surface area contributed by atoms with Crippen LogP contribution >= 0.6 is 0 Å². The Hall–Kier alpha value is -2.73. The molecule has 0 aliphatic carbocycles. The number of primary amides is 1. The van der Waals surface area contributed by atoms with E-state index in [1.807, 2.05) is 0 Å². The summed E-state index contributed by atoms with van der Waals surface area (Å²) < 4.78 is 0. The number of unbranched alkanes of at least 4 members (excludes halogenated alkanes) is 1. The maximum absolute atomic E-state index is 12.9. The van der Waals surface area contributed by atoms with Crippen molar-refractivity contribution in [2.75, 3.05) is 6.54 Å². The zero-order valence-electron chi connectivity index (χ0n) is 18.3. The van der Waals surface area contributed by atoms with Crippen molar-refractivity contribution in [2.45, 2.75) is 77.0 Å². The zero-order valence-corrected chi connectivity index (χ0v) is 18.3. The molecule has 0 saturated carbocycles. The number of carbonyl (C=O) groups is 5. The molecular formula is C19H36N6O6. The summed E-state index contributed by atoms with van der Waals surface area (Å²) in [6, 6.07) is -4.38. The molecule has 10 N–H and O–H groups in total. The van der Waals surface area contributed by atoms with Gasteiger partial charge in [-0.3, -0.25) is 19.2 Å². The topological polar surface area (TPSA) is 220 Å². The van der Waals surface area contributed by atoms with Crippen LogP contribution in [-0.4, -0.2) is 65.4 Å². The van der Waals surface area contributed by atoms with Crippen LogP contribution in [0.15, 0.2) is 0 Å². The van der Waals surface area contributed by atoms with Gasteiger partial charge in [0.15, 0.2) is 0 Å². The van der Waals surface area contributed by atoms with Crippen molar-refractivity contribution >= 4 is 29.6 Å². The largest absolute Gasteiger partial charge is 0.480 e. The molecule has 0 aliphatic heterocycles. The molecule has 12 nitrogen and oxygen atoms in total. The number of hydrogen-bond donors (Lipinski definition) is 7. The third kappa shape index (κ3) is 10.7. The zero-order chi connectivity index (χ0) is 24.1. The second-order valence-corrected chi connectivity index (χ2v) is 7.58. The van der Waals surface area contributed by atoms with E-state index >= 15 is 0 Å². The fourth-order valence-electron chi connectivity index (χ4n) is 2.68. The molecule has 5 unspecified atom stereocenters. The van der Waals surface area contributed by atoms with Gasteiger partial charge in [-0.1, -0.05) is 20.3 Å². The minimum atomic E-state index is -1.52. The van der Waals surface area contributed by atoms with Gasteiger partial charge in [0.05, 0.1) is 12.5 Å². The first kappa shape index (κ1) is 28.3. The van der Waals surface area contributed by atoms with Gasteiger partial charge in [0, 0.05) is 0 Å². The van der Waals surface area contributed by atoms with Crippen LogP contribution < -0.4 is 33.2 Å². The van der Waals surface area contributed by atoms with Gasteiger partial charge in [-0.15, -0.1) is 0 Å². The molecule has 0 saturated heterocycles. The van der Waals surface area contributed by atoms with Crippen LogP contribution in [0.3, 0.4) is 0 Å². The van der Waals surface area contributed by atoms with Crippen LogP contribution in [0.5, 0.6) is 0 Å². The van der Waals surface area contributed by atoms with E-state index in [0.717, 1.165) is 0 Å². The second-order valence-electron chi connectivity index (χ2n) is 7.58. The molecule has 31 heavy (non-hydrogen) atoms. The molecule has 0 rings (SSSR count). The van der Waals surface area contributed by atoms with Gasteiger partial charge in [-0.2, -0.15) is 0 Å². The highest BCUT2D eigenvalue weighted by molar-refractivity contribution is 5.94. The van der Waals surface area contributed by atoms with Crippen molar-refractivity contribution in [1.29, 1.82) is 0 Å². The summed E-state index contributed by atoms with van der Waals surface area (Å²) in [5.41, 5.74) is 16.1. The Balaban J connectivity index is 5.47. The van der Waals surface area contributed by atoms with Gasteiger partial charge in [0.25, 0.3) is 0 Å². The van der Waals surface area contributed by atoms with E-state index < -0.39 is 60.2 Å². The molecule has 178 valence electrons. The Morgan fingerprint density at radius 2 is 1.48 bits per heavy atom. The lowest BCUT2D eigenvalue weighted by atomic mass is 9.96. The molecule has 5 atom stereocenters. The summed E-state index contributed by atoms with van der Waals surface area (Å²) in [6.07, 6.45) is 1.40. The summed E-state index contributed by atoms with van der Waals surface area (Å²) in [4.78, 5) is 60.0. The molecule has 4 amide bonds. The van der Waals surface area contributed by atoms with Crippen molar-refractivity contribution in [2.24, 2.45) is 23.1 Å². The van der Waals surface area contributed by atoms with Crippen molar-refractivity contribution in [1.82, 2.24) is 16.0 Å². The Labute approximate surface area is 182 Å². The molecule has 0 fully saturated rings. The molecule has 0 aromatic carbocycles. The Bertz CT molecular complexity index is 641. The fraction of sp³-hybridized carbons (Fsp3) is 0.737. The summed E-state index contributed by atoms with van der Waals surface area (Å²) in [5, 5.41) is 16.6. The molecule has 0 bridgehead atoms. The van der Waals surface area contributed by atoms with Gasteiger partial charge < -0.3 is 38.3 Å². The van der Waals surface area contributed by atoms with E-state index in [-0.39, 0.29) is 12.3 Å². The van der Waals surface area contributed by atoms with Crippen molar-refractivity contribution in [3.63, 3.8) is 0 Å². The number of carbonyl (C=O) groups excluding carboxylic acids is 4. The molecular weight excluding hydrogens is 408 g/mol. The normalized spacial score (nSPS) is 15.6. The average Bonchev–Trinajstić information content (AvgIpc) is 2.69. The van der Waals surface area contributed by atoms with E-state index in [1.54, 1.807) is 13.8 Å². The number of aliphatic carboxylic acids is 1. The maximum Gasteiger partial charge on any atom is 0.326 e. The third-order valence-electron chi connectivity index (χ3n) is 4.81. The number of carboxylic acid groups (broad SMARTS) is 1. The lowest BCUT2D eigenvalue weighted by molar-refractivity contribution is -0.144. The van der Waals surface area contributed by atoms with E-state index in [1.165, 1.54) is 6.92 Å². The summed E-state index contributed by atoms with van der Waals surface area (Å²) in [7, 11) is 0. The van der Waals surface area contributed by atoms with Crippen molar-refractivity contribution in [3.05, 3.63) is 0 Å². The van der Waals surface area contributed by atoms with E-state index in [2.05, 4.69) is 16.0 Å². The molecule has 12 heteroatoms. The van der Waals surface area contributed by atoms with Crippen molar-refractivity contribution < 1.29 is 29.1 Å². The lowest BCUT2D eigenvalue weighted by Gasteiger charge is -2.28. The highest BCUT2D eigenvalue weighted by Crippen LogP contribution is 2.11. The highest BCUT2D eigenvalue weighted by atomic mass is 16.4. The predicted molar refractivity (Wildman–Crippen MR) is 113 cm³/mol. The first-order valence-electron chi connectivity index (χ1n) is 10.3. The predicted octanol–water partition coefficient (Wildman–Crippen LogP) is -2.08. The summed E-state index contributed by atoms with van der Waals surface area (Å²) >= 11 is 0. The average molecular weight is 445 g/mol. The number of amides is 4. The summed E-state index contributed by atoms with van der Waals surface area (Å²) in [5.74, 6) is -4.57. The minimum Gasteiger partial charge on any atom is -0.480 e. The molecule has 0 aromatic heterocycles. The Kier molecular flexibility index (Phi) is 13.0. The molecule has 0 aromatic rings. The third-order valence-corrected chi connectivity index (χ3v) is 4.81. The molecule has 0 spiro atoms. The fourth-order valence-corrected chi connectivity index (χ4v) is 2.68. The van der Waals surface area contributed by atoms with Gasteiger partial charge >= 0.3 is 5.97 Å². The lowest BCUT2D eigenvalue weighted by Crippen LogP contribution is -2.58. The number of carboxylic acids is 1. The first-order valence-corrected chi connectivity index (χ1v) is 10.3. The number of hydrogen-bond acceptors (Lipinski definition) is 7. The maximum atomic E-state index is 12.9. The van der Waals surface area contributed by atoms with E-state index in [0.29, 0.717) is 25.8 Å². The Morgan fingerprint density at radius 3 is 1.94 bits per heavy atom. The van der Waals surface area contributed by atoms with Crippen LogP contribution in [0.2, 0.25) is 0 Å². The SMILES string of the molecule is CCC(C)C(NC(=O)C(CCCCN)NC(=O)C(C)N)C(=O)NC(CC(N)=O)C(=O)O. The van der Waals surface area contributed by atoms with E-state index in [9.17, 15) is 29.1 Å². The summed E-state index contributed by atoms with van der Waals surface area (Å²) in [6.45, 7) is 5.40. The van der Waals surface area contributed by atoms with Crippen LogP contribution in [0, 0.1) is 5.92 Å². The molecule has 0 aliphatic rings. The first-order chi connectivity index (χ1) is 14.4. The smallest absolute Gasteiger partial charge is 0.326 e. The number of nitrogens with one attached hydrogen (secondary N) is 3. The Morgan fingerprint density at radius 1 is 0.903 bits per heavy atom. The number of nitrogens with two attached hydrogens (primary N) is 3. The van der Waals surface area contributed by atoms with E-state index in [4.69, 9.17) is 17.2 Å². The monoisotopic (exact) mass is 444 g/mol. The van der Waals surface area contributed by atoms with Crippen LogP contribution in [0.1, 0.15) is 52.9 Å². The quantitative estimate of drug-likeness (QED) is 0.139. The molecule has 0 radical (unpaired) electrons. The van der Waals surface area contributed by atoms with Crippen molar-refractivity contribution in [3.8, 4) is 0 Å². The second kappa shape index (κ2) is 14.3. The highest BCUT2D eigenvalue weighted by Gasteiger charge is 2.32. The standard InChI is InChI=1S/C19H36N6O6/c1-4-10(2)15(18(29)24-13(19(30)31)9-14(22)26)25-17(28)12(7-5-6-8-20)23-16(27)11(3)21/h10-13,15H,4-9,20-21H2,1-3H3,(H2,22,26)(H,23,27)(H,24,29)(H,25,28)(H,30,31). The minimum absolute atomic E-state index is 0.287.